The first-order valence-corrected chi connectivity index (χ1v) is 4.43. The quantitative estimate of drug-likeness (QED) is 0.693. The third-order valence-electron chi connectivity index (χ3n) is 1.32. The molecule has 0 saturated carbocycles. The van der Waals surface area contributed by atoms with Crippen molar-refractivity contribution >= 4 is 45.3 Å². The smallest absolute Gasteiger partial charge is 0.258 e. The second-order valence-electron chi connectivity index (χ2n) is 2.08. The largest absolute Gasteiger partial charge is 0.432 e. The van der Waals surface area contributed by atoms with E-state index in [2.05, 4.69) is 4.98 Å². The molecule has 0 N–H and O–H groups in total. The Morgan fingerprint density at radius 1 is 1.45 bits per heavy atom. The van der Waals surface area contributed by atoms with Gasteiger partial charge in [0.15, 0.2) is 5.58 Å². The lowest BCUT2D eigenvalue weighted by molar-refractivity contribution is 0.566. The first kappa shape index (κ1) is 7.36. The van der Waals surface area contributed by atoms with E-state index in [0.29, 0.717) is 8.92 Å². The van der Waals surface area contributed by atoms with Crippen LogP contribution in [-0.2, 0) is 0 Å². The number of hydrogen-bond acceptors (Lipinski definition) is 2. The summed E-state index contributed by atoms with van der Waals surface area (Å²) in [5.41, 5.74) is 1.58. The van der Waals surface area contributed by atoms with Gasteiger partial charge in [0, 0.05) is 33.7 Å². The van der Waals surface area contributed by atoms with E-state index in [4.69, 9.17) is 16.0 Å². The van der Waals surface area contributed by atoms with E-state index in [0.717, 1.165) is 11.1 Å². The van der Waals surface area contributed by atoms with Gasteiger partial charge in [-0.25, -0.2) is 4.98 Å². The summed E-state index contributed by atoms with van der Waals surface area (Å²) in [5.74, 6) is 0. The molecule has 0 radical (unpaired) electrons. The van der Waals surface area contributed by atoms with Crippen molar-refractivity contribution in [3.8, 4) is 0 Å². The molecule has 2 rings (SSSR count). The number of halogens is 2. The maximum Gasteiger partial charge on any atom is 0.258 e. The fourth-order valence-electron chi connectivity index (χ4n) is 0.870. The van der Waals surface area contributed by atoms with E-state index in [1.165, 1.54) is 0 Å². The predicted molar refractivity (Wildman–Crippen MR) is 51.7 cm³/mol. The van der Waals surface area contributed by atoms with Crippen molar-refractivity contribution in [1.82, 2.24) is 4.98 Å². The fraction of sp³-hybridized carbons (Fsp3) is 0. The summed E-state index contributed by atoms with van der Waals surface area (Å²) < 4.78 is 5.88. The van der Waals surface area contributed by atoms with Gasteiger partial charge in [0.2, 0.25) is 0 Å². The topological polar surface area (TPSA) is 26.0 Å². The Hall–Kier alpha value is -0.290. The van der Waals surface area contributed by atoms with Gasteiger partial charge in [0.05, 0.1) is 0 Å². The van der Waals surface area contributed by atoms with Gasteiger partial charge >= 0.3 is 0 Å². The predicted octanol–water partition coefficient (Wildman–Crippen LogP) is 3.09. The molecule has 0 aliphatic rings. The number of rotatable bonds is 0. The molecule has 0 aliphatic carbocycles. The SMILES string of the molecule is Clc1ccc2nc(I)oc2c1. The highest BCUT2D eigenvalue weighted by atomic mass is 127. The lowest BCUT2D eigenvalue weighted by Crippen LogP contribution is -1.66. The van der Waals surface area contributed by atoms with Crippen molar-refractivity contribution in [1.29, 1.82) is 0 Å². The number of oxazole rings is 1. The van der Waals surface area contributed by atoms with Crippen LogP contribution >= 0.6 is 34.2 Å². The Balaban J connectivity index is 2.82. The molecule has 0 bridgehead atoms. The van der Waals surface area contributed by atoms with E-state index < -0.39 is 0 Å². The van der Waals surface area contributed by atoms with Crippen LogP contribution in [0, 0.1) is 3.90 Å². The molecule has 0 fully saturated rings. The average Bonchev–Trinajstić information content (AvgIpc) is 2.27. The molecule has 1 aromatic heterocycles. The Morgan fingerprint density at radius 3 is 3.09 bits per heavy atom. The Labute approximate surface area is 81.7 Å². The zero-order chi connectivity index (χ0) is 7.84. The molecule has 2 aromatic rings. The molecule has 0 saturated heterocycles. The normalized spacial score (nSPS) is 10.7. The van der Waals surface area contributed by atoms with Crippen molar-refractivity contribution in [2.75, 3.05) is 0 Å². The molecular formula is C7H3ClINO. The second kappa shape index (κ2) is 2.64. The number of fused-ring (bicyclic) bond motifs is 1. The van der Waals surface area contributed by atoms with Crippen LogP contribution in [0.15, 0.2) is 22.6 Å². The van der Waals surface area contributed by atoms with Gasteiger partial charge in [0.25, 0.3) is 3.90 Å². The molecule has 0 amide bonds. The zero-order valence-corrected chi connectivity index (χ0v) is 8.26. The Morgan fingerprint density at radius 2 is 2.27 bits per heavy atom. The van der Waals surface area contributed by atoms with Gasteiger partial charge in [0.1, 0.15) is 5.52 Å². The Kier molecular flexibility index (Phi) is 1.77. The minimum atomic E-state index is 0.639. The third kappa shape index (κ3) is 1.35. The van der Waals surface area contributed by atoms with Crippen LogP contribution in [0.1, 0.15) is 0 Å². The molecule has 1 heterocycles. The number of benzene rings is 1. The van der Waals surface area contributed by atoms with Gasteiger partial charge in [-0.1, -0.05) is 11.6 Å². The van der Waals surface area contributed by atoms with Crippen molar-refractivity contribution in [3.63, 3.8) is 0 Å². The summed E-state index contributed by atoms with van der Waals surface area (Å²) in [6.07, 6.45) is 0. The molecular weight excluding hydrogens is 276 g/mol. The van der Waals surface area contributed by atoms with Crippen LogP contribution < -0.4 is 0 Å². The molecule has 0 spiro atoms. The van der Waals surface area contributed by atoms with Gasteiger partial charge in [-0.05, 0) is 12.1 Å². The molecule has 0 unspecified atom stereocenters. The van der Waals surface area contributed by atoms with Gasteiger partial charge in [-0.15, -0.1) is 0 Å². The lowest BCUT2D eigenvalue weighted by atomic mass is 10.3. The first-order valence-electron chi connectivity index (χ1n) is 2.97. The second-order valence-corrected chi connectivity index (χ2v) is 3.44. The monoisotopic (exact) mass is 279 g/mol. The van der Waals surface area contributed by atoms with Crippen LogP contribution in [0.5, 0.6) is 0 Å². The van der Waals surface area contributed by atoms with E-state index in [1.807, 2.05) is 28.7 Å². The number of aromatic nitrogens is 1. The summed E-state index contributed by atoms with van der Waals surface area (Å²) >= 11 is 7.76. The van der Waals surface area contributed by atoms with E-state index in [9.17, 15) is 0 Å². The Bertz CT molecular complexity index is 398. The first-order chi connectivity index (χ1) is 5.25. The highest BCUT2D eigenvalue weighted by Crippen LogP contribution is 2.20. The van der Waals surface area contributed by atoms with Crippen LogP contribution in [0.4, 0.5) is 0 Å². The minimum Gasteiger partial charge on any atom is -0.432 e. The maximum absolute atomic E-state index is 5.74. The molecule has 1 aromatic carbocycles. The van der Waals surface area contributed by atoms with E-state index in [-0.39, 0.29) is 0 Å². The van der Waals surface area contributed by atoms with Gasteiger partial charge < -0.3 is 4.42 Å². The summed E-state index contributed by atoms with van der Waals surface area (Å²) in [5, 5.41) is 0.671. The number of nitrogens with zero attached hydrogens (tertiary/aromatic N) is 1. The fourth-order valence-corrected chi connectivity index (χ4v) is 1.53. The molecule has 0 atom stereocenters. The van der Waals surface area contributed by atoms with Crippen molar-refractivity contribution in [2.45, 2.75) is 0 Å². The summed E-state index contributed by atoms with van der Waals surface area (Å²) in [6, 6.07) is 5.39. The van der Waals surface area contributed by atoms with Gasteiger partial charge in [-0.3, -0.25) is 0 Å². The highest BCUT2D eigenvalue weighted by Gasteiger charge is 2.01. The van der Waals surface area contributed by atoms with Crippen molar-refractivity contribution in [3.05, 3.63) is 27.1 Å². The molecule has 2 nitrogen and oxygen atoms in total. The lowest BCUT2D eigenvalue weighted by Gasteiger charge is -1.85. The molecule has 11 heavy (non-hydrogen) atoms. The van der Waals surface area contributed by atoms with E-state index >= 15 is 0 Å². The van der Waals surface area contributed by atoms with Gasteiger partial charge in [-0.2, -0.15) is 0 Å². The third-order valence-corrected chi connectivity index (χ3v) is 2.02. The minimum absolute atomic E-state index is 0.639. The van der Waals surface area contributed by atoms with Crippen LogP contribution in [0.2, 0.25) is 5.02 Å². The summed E-state index contributed by atoms with van der Waals surface area (Å²) in [4.78, 5) is 4.12. The summed E-state index contributed by atoms with van der Waals surface area (Å²) in [6.45, 7) is 0. The van der Waals surface area contributed by atoms with Crippen molar-refractivity contribution < 1.29 is 4.42 Å². The highest BCUT2D eigenvalue weighted by molar-refractivity contribution is 14.1. The van der Waals surface area contributed by atoms with Crippen LogP contribution in [0.3, 0.4) is 0 Å². The molecule has 0 aliphatic heterocycles. The zero-order valence-electron chi connectivity index (χ0n) is 5.34. The van der Waals surface area contributed by atoms with Crippen LogP contribution in [0.25, 0.3) is 11.1 Å². The average molecular weight is 279 g/mol. The van der Waals surface area contributed by atoms with E-state index in [1.54, 1.807) is 12.1 Å². The standard InChI is InChI=1S/C7H3ClINO/c8-4-1-2-5-6(3-4)11-7(9)10-5/h1-3H. The molecule has 56 valence electrons. The molecule has 4 heteroatoms. The van der Waals surface area contributed by atoms with Crippen molar-refractivity contribution in [2.24, 2.45) is 0 Å². The maximum atomic E-state index is 5.74. The number of hydrogen-bond donors (Lipinski definition) is 0. The summed E-state index contributed by atoms with van der Waals surface area (Å²) in [7, 11) is 0. The van der Waals surface area contributed by atoms with Crippen LogP contribution in [-0.4, -0.2) is 4.98 Å².